The van der Waals surface area contributed by atoms with Gasteiger partial charge in [0.2, 0.25) is 5.13 Å². The highest BCUT2D eigenvalue weighted by atomic mass is 32.2. The molecule has 1 aromatic heterocycles. The lowest BCUT2D eigenvalue weighted by molar-refractivity contribution is 0.101. The fourth-order valence-corrected chi connectivity index (χ4v) is 3.01. The Kier molecular flexibility index (Phi) is 5.77. The molecule has 0 aliphatic carbocycles. The van der Waals surface area contributed by atoms with Gasteiger partial charge >= 0.3 is 0 Å². The van der Waals surface area contributed by atoms with Crippen molar-refractivity contribution in [2.75, 3.05) is 24.7 Å². The zero-order chi connectivity index (χ0) is 15.1. The lowest BCUT2D eigenvalue weighted by Gasteiger charge is -2.03. The Hall–Kier alpha value is -1.86. The number of Topliss-reactive ketones (excluding diaryl/α,β-unsaturated/α-hetero) is 1. The van der Waals surface area contributed by atoms with Crippen LogP contribution in [0.15, 0.2) is 41.3 Å². The first kappa shape index (κ1) is 15.5. The van der Waals surface area contributed by atoms with Crippen molar-refractivity contribution < 1.29 is 9.53 Å². The zero-order valence-corrected chi connectivity index (χ0v) is 13.2. The molecule has 0 radical (unpaired) electrons. The summed E-state index contributed by atoms with van der Waals surface area (Å²) in [7, 11) is 1.59. The van der Waals surface area contributed by atoms with Gasteiger partial charge in [-0.05, 0) is 24.3 Å². The monoisotopic (exact) mass is 321 g/mol. The van der Waals surface area contributed by atoms with Crippen LogP contribution >= 0.6 is 23.1 Å². The molecule has 0 aliphatic heterocycles. The third kappa shape index (κ3) is 4.57. The fraction of sp³-hybridized carbons (Fsp3) is 0.214. The quantitative estimate of drug-likeness (QED) is 0.458. The number of ether oxygens (including phenoxy) is 1. The first-order valence-corrected chi connectivity index (χ1v) is 8.01. The molecule has 5 nitrogen and oxygen atoms in total. The molecule has 21 heavy (non-hydrogen) atoms. The number of nitrogens with one attached hydrogen (secondary N) is 1. The molecule has 1 heterocycles. The van der Waals surface area contributed by atoms with Crippen LogP contribution < -0.4 is 10.1 Å². The van der Waals surface area contributed by atoms with E-state index in [1.54, 1.807) is 43.1 Å². The number of rotatable bonds is 8. The fourth-order valence-electron chi connectivity index (χ4n) is 1.50. The highest BCUT2D eigenvalue weighted by molar-refractivity contribution is 8.01. The number of thioether (sulfide) groups is 1. The third-order valence-electron chi connectivity index (χ3n) is 2.54. The average molecular weight is 321 g/mol. The van der Waals surface area contributed by atoms with Crippen LogP contribution in [0.5, 0.6) is 5.75 Å². The van der Waals surface area contributed by atoms with Gasteiger partial charge in [0.05, 0.1) is 13.7 Å². The van der Waals surface area contributed by atoms with E-state index in [-0.39, 0.29) is 12.3 Å². The number of ketones is 1. The van der Waals surface area contributed by atoms with Crippen molar-refractivity contribution in [3.05, 3.63) is 42.5 Å². The molecule has 2 rings (SSSR count). The van der Waals surface area contributed by atoms with Gasteiger partial charge in [0, 0.05) is 11.3 Å². The Morgan fingerprint density at radius 1 is 1.43 bits per heavy atom. The van der Waals surface area contributed by atoms with Crippen LogP contribution in [0.3, 0.4) is 0 Å². The van der Waals surface area contributed by atoms with Gasteiger partial charge in [0.1, 0.15) is 5.75 Å². The molecule has 0 spiro atoms. The van der Waals surface area contributed by atoms with E-state index in [2.05, 4.69) is 22.1 Å². The summed E-state index contributed by atoms with van der Waals surface area (Å²) < 4.78 is 5.92. The standard InChI is InChI=1S/C14H15N3O2S2/c1-3-8-20-14-17-16-13(21-14)15-9-12(18)10-4-6-11(19-2)7-5-10/h3-7H,1,8-9H2,2H3,(H,15,16). The predicted octanol–water partition coefficient (Wildman–Crippen LogP) is 3.12. The van der Waals surface area contributed by atoms with Gasteiger partial charge < -0.3 is 10.1 Å². The van der Waals surface area contributed by atoms with Gasteiger partial charge in [-0.2, -0.15) is 0 Å². The highest BCUT2D eigenvalue weighted by Gasteiger charge is 2.08. The number of aromatic nitrogens is 2. The first-order chi connectivity index (χ1) is 10.2. The van der Waals surface area contributed by atoms with Gasteiger partial charge in [-0.15, -0.1) is 16.8 Å². The van der Waals surface area contributed by atoms with Crippen LogP contribution in [-0.2, 0) is 0 Å². The maximum Gasteiger partial charge on any atom is 0.206 e. The summed E-state index contributed by atoms with van der Waals surface area (Å²) in [5.41, 5.74) is 0.633. The maximum atomic E-state index is 12.0. The van der Waals surface area contributed by atoms with E-state index in [0.29, 0.717) is 10.7 Å². The Morgan fingerprint density at radius 3 is 2.86 bits per heavy atom. The van der Waals surface area contributed by atoms with Crippen molar-refractivity contribution >= 4 is 34.0 Å². The topological polar surface area (TPSA) is 64.1 Å². The van der Waals surface area contributed by atoms with Crippen LogP contribution in [0.25, 0.3) is 0 Å². The molecule has 0 aliphatic rings. The van der Waals surface area contributed by atoms with Gasteiger partial charge in [-0.1, -0.05) is 29.2 Å². The third-order valence-corrected chi connectivity index (χ3v) is 4.55. The van der Waals surface area contributed by atoms with Crippen molar-refractivity contribution in [1.82, 2.24) is 10.2 Å². The molecule has 0 saturated carbocycles. The Bertz CT molecular complexity index is 611. The second kappa shape index (κ2) is 7.80. The predicted molar refractivity (Wildman–Crippen MR) is 86.6 cm³/mol. The van der Waals surface area contributed by atoms with Gasteiger partial charge in [0.15, 0.2) is 10.1 Å². The van der Waals surface area contributed by atoms with E-state index in [1.807, 2.05) is 6.08 Å². The Morgan fingerprint density at radius 2 is 2.19 bits per heavy atom. The summed E-state index contributed by atoms with van der Waals surface area (Å²) >= 11 is 2.99. The minimum absolute atomic E-state index is 0.00634. The summed E-state index contributed by atoms with van der Waals surface area (Å²) in [4.78, 5) is 12.0. The number of hydrogen-bond donors (Lipinski definition) is 1. The van der Waals surface area contributed by atoms with E-state index in [1.165, 1.54) is 11.3 Å². The number of benzene rings is 1. The Balaban J connectivity index is 1.87. The lowest BCUT2D eigenvalue weighted by Crippen LogP contribution is -2.13. The molecule has 0 saturated heterocycles. The average Bonchev–Trinajstić information content (AvgIpc) is 2.98. The molecular formula is C14H15N3O2S2. The molecular weight excluding hydrogens is 306 g/mol. The van der Waals surface area contributed by atoms with E-state index in [4.69, 9.17) is 4.74 Å². The second-order valence-electron chi connectivity index (χ2n) is 3.98. The molecule has 0 bridgehead atoms. The van der Waals surface area contributed by atoms with Gasteiger partial charge in [0.25, 0.3) is 0 Å². The van der Waals surface area contributed by atoms with Crippen LogP contribution in [0.2, 0.25) is 0 Å². The minimum Gasteiger partial charge on any atom is -0.497 e. The largest absolute Gasteiger partial charge is 0.497 e. The molecule has 1 aromatic carbocycles. The van der Waals surface area contributed by atoms with Crippen LogP contribution in [0.4, 0.5) is 5.13 Å². The molecule has 0 amide bonds. The van der Waals surface area contributed by atoms with Crippen molar-refractivity contribution in [3.63, 3.8) is 0 Å². The highest BCUT2D eigenvalue weighted by Crippen LogP contribution is 2.25. The SMILES string of the molecule is C=CCSc1nnc(NCC(=O)c2ccc(OC)cc2)s1. The van der Waals surface area contributed by atoms with Crippen molar-refractivity contribution in [1.29, 1.82) is 0 Å². The summed E-state index contributed by atoms with van der Waals surface area (Å²) in [6, 6.07) is 7.02. The summed E-state index contributed by atoms with van der Waals surface area (Å²) in [6.07, 6.45) is 1.81. The Labute approximate surface area is 131 Å². The van der Waals surface area contributed by atoms with Crippen molar-refractivity contribution in [3.8, 4) is 5.75 Å². The first-order valence-electron chi connectivity index (χ1n) is 6.21. The summed E-state index contributed by atoms with van der Waals surface area (Å²) in [5.74, 6) is 1.51. The van der Waals surface area contributed by atoms with Crippen LogP contribution in [0.1, 0.15) is 10.4 Å². The maximum absolute atomic E-state index is 12.0. The molecule has 110 valence electrons. The van der Waals surface area contributed by atoms with E-state index < -0.39 is 0 Å². The molecule has 0 unspecified atom stereocenters. The van der Waals surface area contributed by atoms with Gasteiger partial charge in [-0.25, -0.2) is 0 Å². The van der Waals surface area contributed by atoms with E-state index in [9.17, 15) is 4.79 Å². The minimum atomic E-state index is -0.00634. The lowest BCUT2D eigenvalue weighted by atomic mass is 10.1. The van der Waals surface area contributed by atoms with Crippen LogP contribution in [0, 0.1) is 0 Å². The number of anilines is 1. The molecule has 0 fully saturated rings. The second-order valence-corrected chi connectivity index (χ2v) is 6.22. The smallest absolute Gasteiger partial charge is 0.206 e. The van der Waals surface area contributed by atoms with Crippen LogP contribution in [-0.4, -0.2) is 35.4 Å². The number of nitrogens with zero attached hydrogens (tertiary/aromatic N) is 2. The van der Waals surface area contributed by atoms with Gasteiger partial charge in [-0.3, -0.25) is 4.79 Å². The van der Waals surface area contributed by atoms with E-state index in [0.717, 1.165) is 15.8 Å². The van der Waals surface area contributed by atoms with Crippen molar-refractivity contribution in [2.24, 2.45) is 0 Å². The van der Waals surface area contributed by atoms with Crippen molar-refractivity contribution in [2.45, 2.75) is 4.34 Å². The summed E-state index contributed by atoms with van der Waals surface area (Å²) in [5, 5.41) is 11.6. The van der Waals surface area contributed by atoms with E-state index >= 15 is 0 Å². The molecule has 0 atom stereocenters. The number of methoxy groups -OCH3 is 1. The molecule has 2 aromatic rings. The number of carbonyl (C=O) groups excluding carboxylic acids is 1. The molecule has 7 heteroatoms. The zero-order valence-electron chi connectivity index (χ0n) is 11.5. The normalized spacial score (nSPS) is 10.1. The number of hydrogen-bond acceptors (Lipinski definition) is 7. The number of carbonyl (C=O) groups is 1. The molecule has 1 N–H and O–H groups in total. The summed E-state index contributed by atoms with van der Waals surface area (Å²) in [6.45, 7) is 3.84.